The van der Waals surface area contributed by atoms with Gasteiger partial charge >= 0.3 is 35.8 Å². The van der Waals surface area contributed by atoms with E-state index in [1.807, 2.05) is 24.3 Å². The first kappa shape index (κ1) is 52.2. The predicted octanol–water partition coefficient (Wildman–Crippen LogP) is 6.41. The average molecular weight is 899 g/mol. The Morgan fingerprint density at radius 3 is 1.28 bits per heavy atom. The number of esters is 6. The molecule has 4 aliphatic heterocycles. The van der Waals surface area contributed by atoms with E-state index in [-0.39, 0.29) is 66.5 Å². The molecule has 4 heterocycles. The van der Waals surface area contributed by atoms with Crippen molar-refractivity contribution in [1.29, 1.82) is 0 Å². The van der Waals surface area contributed by atoms with Gasteiger partial charge in [-0.05, 0) is 103 Å². The lowest BCUT2D eigenvalue weighted by molar-refractivity contribution is -0.162. The van der Waals surface area contributed by atoms with Gasteiger partial charge in [-0.2, -0.15) is 0 Å². The molecular formula is C49H70O15. The molecule has 1 N–H and O–H groups in total. The highest BCUT2D eigenvalue weighted by Gasteiger charge is 2.53. The van der Waals surface area contributed by atoms with Crippen LogP contribution in [0.25, 0.3) is 0 Å². The normalized spacial score (nSPS) is 28.5. The van der Waals surface area contributed by atoms with Gasteiger partial charge in [0.1, 0.15) is 0 Å². The van der Waals surface area contributed by atoms with E-state index < -0.39 is 23.7 Å². The van der Waals surface area contributed by atoms with Crippen LogP contribution in [-0.2, 0) is 66.7 Å². The Kier molecular flexibility index (Phi) is 23.8. The molecule has 0 amide bonds. The summed E-state index contributed by atoms with van der Waals surface area (Å²) in [6, 6.07) is 0. The summed E-state index contributed by atoms with van der Waals surface area (Å²) in [4.78, 5) is 71.0. The van der Waals surface area contributed by atoms with E-state index in [0.29, 0.717) is 77.2 Å². The number of cyclic esters (lactones) is 2. The smallest absolute Gasteiger partial charge is 0.317 e. The summed E-state index contributed by atoms with van der Waals surface area (Å²) in [6.45, 7) is 14.2. The van der Waals surface area contributed by atoms with Crippen LogP contribution in [-0.4, -0.2) is 112 Å². The topological polar surface area (TPSA) is 206 Å². The van der Waals surface area contributed by atoms with Gasteiger partial charge < -0.3 is 43.0 Å². The first-order valence-electron chi connectivity index (χ1n) is 23.2. The highest BCUT2D eigenvalue weighted by atomic mass is 16.6. The highest BCUT2D eigenvalue weighted by molar-refractivity contribution is 5.96. The second kappa shape index (κ2) is 29.2. The summed E-state index contributed by atoms with van der Waals surface area (Å²) in [5, 5.41) is 8.15. The zero-order valence-corrected chi connectivity index (χ0v) is 37.4. The number of hydrogen-bond donors (Lipinski definition) is 1. The predicted molar refractivity (Wildman–Crippen MR) is 234 cm³/mol. The summed E-state index contributed by atoms with van der Waals surface area (Å²) >= 11 is 0. The van der Waals surface area contributed by atoms with Crippen molar-refractivity contribution >= 4 is 35.8 Å². The van der Waals surface area contributed by atoms with Gasteiger partial charge in [0.25, 0.3) is 0 Å². The zero-order valence-electron chi connectivity index (χ0n) is 37.4. The standard InChI is InChI=1S/C18H26O7.C18H26O4.C8H8O3.C5H10O/c19-17(21-5-1-3-11-9-23-11)13-7-15-16(25-15)8-14(13)18(20)22-6-2-4-12-10-24-12;1-3-5-9-13-21-17(19)15-11-7-8-12-16(15)18(20)22-14-10-6-4-2;9-7-5-3-1-2-4-6(5)8(10)11-7;1-2-3-4-5-6/h11-16H,1-10H2;3-4,7-8,15-16H,1-2,5-6,9-14H2;1-2,5-6H,3-4H2;2,6H,1,3-5H2. The lowest BCUT2D eigenvalue weighted by Gasteiger charge is -2.26. The van der Waals surface area contributed by atoms with Gasteiger partial charge in [0.2, 0.25) is 0 Å². The number of ether oxygens (including phenoxy) is 8. The Hall–Kier alpha value is -4.44. The summed E-state index contributed by atoms with van der Waals surface area (Å²) in [5.74, 6) is -4.00. The van der Waals surface area contributed by atoms with Crippen LogP contribution in [0.4, 0.5) is 0 Å². The third-order valence-corrected chi connectivity index (χ3v) is 11.8. The van der Waals surface area contributed by atoms with E-state index in [4.69, 9.17) is 38.3 Å². The van der Waals surface area contributed by atoms with E-state index in [9.17, 15) is 28.8 Å². The number of epoxide rings is 3. The summed E-state index contributed by atoms with van der Waals surface area (Å²) in [7, 11) is 0. The number of allylic oxidation sites excluding steroid dienone is 7. The third kappa shape index (κ3) is 19.0. The average Bonchev–Trinajstić information content (AvgIpc) is 4.20. The number of carbonyl (C=O) groups excluding carboxylic acids is 6. The van der Waals surface area contributed by atoms with Gasteiger partial charge in [-0.3, -0.25) is 28.8 Å². The van der Waals surface area contributed by atoms with Gasteiger partial charge in [0.15, 0.2) is 0 Å². The SMILES string of the molecule is C=CCCCO.C=CCCCOC(=O)C1CC=CCC1C(=O)OCCCC=C.O=C(OCCCC1CO1)C1CC2OC2CC1C(=O)OCCCC1CO1.O=C1OC(=O)C2CC=CCC12. The van der Waals surface area contributed by atoms with Crippen LogP contribution in [0.2, 0.25) is 0 Å². The number of rotatable bonds is 23. The van der Waals surface area contributed by atoms with Crippen molar-refractivity contribution in [3.8, 4) is 0 Å². The Morgan fingerprint density at radius 2 is 0.922 bits per heavy atom. The van der Waals surface area contributed by atoms with E-state index in [1.54, 1.807) is 18.2 Å². The Labute approximate surface area is 377 Å². The van der Waals surface area contributed by atoms with Gasteiger partial charge in [-0.25, -0.2) is 0 Å². The molecule has 3 aliphatic carbocycles. The van der Waals surface area contributed by atoms with Crippen LogP contribution in [0.3, 0.4) is 0 Å². The summed E-state index contributed by atoms with van der Waals surface area (Å²) < 4.78 is 41.6. The molecule has 64 heavy (non-hydrogen) atoms. The minimum absolute atomic E-state index is 0.105. The van der Waals surface area contributed by atoms with Crippen LogP contribution in [0, 0.1) is 35.5 Å². The van der Waals surface area contributed by atoms with Crippen molar-refractivity contribution in [1.82, 2.24) is 0 Å². The fourth-order valence-corrected chi connectivity index (χ4v) is 7.77. The molecule has 7 aliphatic rings. The number of aliphatic hydroxyl groups excluding tert-OH is 1. The van der Waals surface area contributed by atoms with Crippen molar-refractivity contribution in [3.05, 3.63) is 62.3 Å². The number of aliphatic hydroxyl groups is 1. The largest absolute Gasteiger partial charge is 0.465 e. The molecule has 4 saturated heterocycles. The van der Waals surface area contributed by atoms with Gasteiger partial charge in [-0.1, -0.05) is 42.5 Å². The monoisotopic (exact) mass is 898 g/mol. The van der Waals surface area contributed by atoms with Gasteiger partial charge in [0.05, 0.1) is 99.6 Å². The highest BCUT2D eigenvalue weighted by Crippen LogP contribution is 2.44. The van der Waals surface area contributed by atoms with Crippen LogP contribution in [0.1, 0.15) is 103 Å². The van der Waals surface area contributed by atoms with Crippen molar-refractivity contribution in [2.45, 2.75) is 127 Å². The lowest BCUT2D eigenvalue weighted by Crippen LogP contribution is -2.38. The van der Waals surface area contributed by atoms with Gasteiger partial charge in [-0.15, -0.1) is 19.7 Å². The van der Waals surface area contributed by atoms with Crippen molar-refractivity contribution in [3.63, 3.8) is 0 Å². The van der Waals surface area contributed by atoms with Crippen molar-refractivity contribution in [2.24, 2.45) is 35.5 Å². The second-order valence-electron chi connectivity index (χ2n) is 16.8. The number of unbranched alkanes of at least 4 members (excludes halogenated alkanes) is 3. The molecule has 15 nitrogen and oxygen atoms in total. The van der Waals surface area contributed by atoms with Gasteiger partial charge in [0, 0.05) is 6.61 Å². The molecule has 7 rings (SSSR count). The number of fused-ring (bicyclic) bond motifs is 2. The fourth-order valence-electron chi connectivity index (χ4n) is 7.77. The Morgan fingerprint density at radius 1 is 0.562 bits per heavy atom. The molecule has 1 saturated carbocycles. The molecule has 15 heteroatoms. The van der Waals surface area contributed by atoms with E-state index in [2.05, 4.69) is 24.5 Å². The second-order valence-corrected chi connectivity index (χ2v) is 16.8. The number of hydrogen-bond acceptors (Lipinski definition) is 15. The maximum Gasteiger partial charge on any atom is 0.317 e. The molecule has 356 valence electrons. The van der Waals surface area contributed by atoms with E-state index in [0.717, 1.165) is 77.4 Å². The van der Waals surface area contributed by atoms with E-state index >= 15 is 0 Å². The molecule has 0 bridgehead atoms. The number of carbonyl (C=O) groups is 6. The first-order valence-corrected chi connectivity index (χ1v) is 23.2. The molecule has 0 aromatic heterocycles. The Bertz CT molecular complexity index is 1490. The molecule has 0 radical (unpaired) electrons. The molecule has 10 unspecified atom stereocenters. The molecule has 0 spiro atoms. The first-order chi connectivity index (χ1) is 31.1. The van der Waals surface area contributed by atoms with E-state index in [1.165, 1.54) is 0 Å². The van der Waals surface area contributed by atoms with Crippen LogP contribution < -0.4 is 0 Å². The van der Waals surface area contributed by atoms with Crippen LogP contribution in [0.15, 0.2) is 62.3 Å². The quantitative estimate of drug-likeness (QED) is 0.0294. The zero-order chi connectivity index (χ0) is 46.1. The molecule has 0 aromatic carbocycles. The van der Waals surface area contributed by atoms with Crippen LogP contribution >= 0.6 is 0 Å². The molecule has 0 aromatic rings. The minimum atomic E-state index is -0.444. The van der Waals surface area contributed by atoms with Crippen molar-refractivity contribution < 1.29 is 71.8 Å². The minimum Gasteiger partial charge on any atom is -0.465 e. The molecule has 10 atom stereocenters. The molecule has 5 fully saturated rings. The maximum absolute atomic E-state index is 12.4. The lowest BCUT2D eigenvalue weighted by atomic mass is 9.79. The summed E-state index contributed by atoms with van der Waals surface area (Å²) in [5.41, 5.74) is 0. The Balaban J connectivity index is 0.000000208. The van der Waals surface area contributed by atoms with Crippen molar-refractivity contribution in [2.75, 3.05) is 46.2 Å². The fraction of sp³-hybridized carbons (Fsp3) is 0.673. The van der Waals surface area contributed by atoms with Crippen LogP contribution in [0.5, 0.6) is 0 Å². The third-order valence-electron chi connectivity index (χ3n) is 11.8. The summed E-state index contributed by atoms with van der Waals surface area (Å²) in [6.07, 6.45) is 25.9. The maximum atomic E-state index is 12.4. The molecular weight excluding hydrogens is 829 g/mol.